The van der Waals surface area contributed by atoms with Gasteiger partial charge in [-0.15, -0.1) is 10.2 Å². The van der Waals surface area contributed by atoms with E-state index in [0.29, 0.717) is 24.7 Å². The van der Waals surface area contributed by atoms with Crippen LogP contribution in [-0.4, -0.2) is 32.5 Å². The fraction of sp³-hybridized carbons (Fsp3) is 0.238. The molecule has 3 aromatic rings. The van der Waals surface area contributed by atoms with Crippen LogP contribution in [0.15, 0.2) is 65.8 Å². The van der Waals surface area contributed by atoms with Crippen molar-refractivity contribution in [2.24, 2.45) is 0 Å². The highest BCUT2D eigenvalue weighted by atomic mass is 32.2. The SMILES string of the molecule is CCn1c(Cc2ccccc2)nnc1SCC(=O)NC(=O)NCc1ccccc1. The number of amides is 3. The van der Waals surface area contributed by atoms with Crippen molar-refractivity contribution in [1.82, 2.24) is 25.4 Å². The van der Waals surface area contributed by atoms with Crippen molar-refractivity contribution in [2.45, 2.75) is 31.6 Å². The number of hydrogen-bond donors (Lipinski definition) is 2. The molecule has 8 heteroatoms. The molecule has 0 fully saturated rings. The topological polar surface area (TPSA) is 88.9 Å². The average molecular weight is 410 g/mol. The molecule has 2 aromatic carbocycles. The van der Waals surface area contributed by atoms with Gasteiger partial charge in [0.25, 0.3) is 0 Å². The molecule has 0 aliphatic heterocycles. The van der Waals surface area contributed by atoms with Crippen LogP contribution >= 0.6 is 11.8 Å². The van der Waals surface area contributed by atoms with Gasteiger partial charge in [-0.3, -0.25) is 10.1 Å². The summed E-state index contributed by atoms with van der Waals surface area (Å²) in [7, 11) is 0. The van der Waals surface area contributed by atoms with Gasteiger partial charge in [0.1, 0.15) is 5.82 Å². The highest BCUT2D eigenvalue weighted by molar-refractivity contribution is 7.99. The molecule has 0 spiro atoms. The first-order valence-electron chi connectivity index (χ1n) is 9.36. The highest BCUT2D eigenvalue weighted by Gasteiger charge is 2.14. The van der Waals surface area contributed by atoms with Crippen LogP contribution in [0.1, 0.15) is 23.9 Å². The molecule has 0 saturated heterocycles. The Morgan fingerprint density at radius 3 is 2.28 bits per heavy atom. The lowest BCUT2D eigenvalue weighted by atomic mass is 10.1. The van der Waals surface area contributed by atoms with Crippen molar-refractivity contribution < 1.29 is 9.59 Å². The fourth-order valence-corrected chi connectivity index (χ4v) is 3.59. The van der Waals surface area contributed by atoms with E-state index in [4.69, 9.17) is 0 Å². The molecule has 150 valence electrons. The number of nitrogens with zero attached hydrogens (tertiary/aromatic N) is 3. The summed E-state index contributed by atoms with van der Waals surface area (Å²) in [6, 6.07) is 19.0. The Balaban J connectivity index is 1.49. The van der Waals surface area contributed by atoms with Crippen molar-refractivity contribution >= 4 is 23.7 Å². The number of imide groups is 1. The minimum atomic E-state index is -0.513. The van der Waals surface area contributed by atoms with Gasteiger partial charge in [0, 0.05) is 19.5 Å². The Morgan fingerprint density at radius 2 is 1.62 bits per heavy atom. The lowest BCUT2D eigenvalue weighted by molar-refractivity contribution is -0.117. The second kappa shape index (κ2) is 10.4. The first-order chi connectivity index (χ1) is 14.2. The molecule has 1 heterocycles. The summed E-state index contributed by atoms with van der Waals surface area (Å²) in [5.41, 5.74) is 2.12. The number of rotatable bonds is 8. The van der Waals surface area contributed by atoms with Crippen molar-refractivity contribution in [2.75, 3.05) is 5.75 Å². The molecule has 1 aromatic heterocycles. The van der Waals surface area contributed by atoms with Crippen LogP contribution in [0.5, 0.6) is 0 Å². The molecule has 3 rings (SSSR count). The number of benzene rings is 2. The smallest absolute Gasteiger partial charge is 0.321 e. The summed E-state index contributed by atoms with van der Waals surface area (Å²) in [5.74, 6) is 0.556. The van der Waals surface area contributed by atoms with Crippen molar-refractivity contribution in [1.29, 1.82) is 0 Å². The summed E-state index contributed by atoms with van der Waals surface area (Å²) in [6.07, 6.45) is 0.677. The van der Waals surface area contributed by atoms with E-state index in [1.807, 2.05) is 72.2 Å². The molecule has 0 bridgehead atoms. The maximum atomic E-state index is 12.1. The second-order valence-corrected chi connectivity index (χ2v) is 7.25. The molecule has 29 heavy (non-hydrogen) atoms. The molecule has 0 saturated carbocycles. The third-order valence-corrected chi connectivity index (χ3v) is 5.16. The number of aromatic nitrogens is 3. The average Bonchev–Trinajstić information content (AvgIpc) is 3.13. The molecule has 7 nitrogen and oxygen atoms in total. The van der Waals surface area contributed by atoms with Gasteiger partial charge in [-0.1, -0.05) is 72.4 Å². The van der Waals surface area contributed by atoms with E-state index in [2.05, 4.69) is 20.8 Å². The normalized spacial score (nSPS) is 10.5. The maximum absolute atomic E-state index is 12.1. The third kappa shape index (κ3) is 6.18. The number of nitrogens with one attached hydrogen (secondary N) is 2. The Bertz CT molecular complexity index is 944. The summed E-state index contributed by atoms with van der Waals surface area (Å²) < 4.78 is 1.99. The Kier molecular flexibility index (Phi) is 7.40. The van der Waals surface area contributed by atoms with Crippen LogP contribution < -0.4 is 10.6 Å². The van der Waals surface area contributed by atoms with E-state index in [1.54, 1.807) is 0 Å². The number of hydrogen-bond acceptors (Lipinski definition) is 5. The number of carbonyl (C=O) groups excluding carboxylic acids is 2. The zero-order valence-electron chi connectivity index (χ0n) is 16.2. The van der Waals surface area contributed by atoms with Crippen LogP contribution in [0.4, 0.5) is 4.79 Å². The highest BCUT2D eigenvalue weighted by Crippen LogP contribution is 2.18. The first-order valence-corrected chi connectivity index (χ1v) is 10.3. The van der Waals surface area contributed by atoms with Gasteiger partial charge in [-0.25, -0.2) is 4.79 Å². The number of thioether (sulfide) groups is 1. The molecule has 0 aliphatic carbocycles. The van der Waals surface area contributed by atoms with Crippen molar-refractivity contribution in [3.63, 3.8) is 0 Å². The summed E-state index contributed by atoms with van der Waals surface area (Å²) in [4.78, 5) is 24.0. The van der Waals surface area contributed by atoms with Gasteiger partial charge < -0.3 is 9.88 Å². The number of carbonyl (C=O) groups is 2. The fourth-order valence-electron chi connectivity index (χ4n) is 2.77. The van der Waals surface area contributed by atoms with Gasteiger partial charge in [0.15, 0.2) is 5.16 Å². The van der Waals surface area contributed by atoms with Crippen LogP contribution in [0.2, 0.25) is 0 Å². The third-order valence-electron chi connectivity index (χ3n) is 4.20. The van der Waals surface area contributed by atoms with Gasteiger partial charge in [-0.2, -0.15) is 0 Å². The Labute approximate surface area is 173 Å². The zero-order valence-corrected chi connectivity index (χ0v) is 17.0. The predicted octanol–water partition coefficient (Wildman–Crippen LogP) is 3.01. The van der Waals surface area contributed by atoms with Crippen molar-refractivity contribution in [3.05, 3.63) is 77.6 Å². The van der Waals surface area contributed by atoms with Crippen LogP contribution in [-0.2, 0) is 24.3 Å². The lowest BCUT2D eigenvalue weighted by Crippen LogP contribution is -2.40. The van der Waals surface area contributed by atoms with Crippen molar-refractivity contribution in [3.8, 4) is 0 Å². The zero-order chi connectivity index (χ0) is 20.5. The second-order valence-electron chi connectivity index (χ2n) is 6.31. The van der Waals surface area contributed by atoms with Gasteiger partial charge >= 0.3 is 6.03 Å². The van der Waals surface area contributed by atoms with Crippen LogP contribution in [0.3, 0.4) is 0 Å². The summed E-state index contributed by atoms with van der Waals surface area (Å²) >= 11 is 1.26. The van der Waals surface area contributed by atoms with E-state index in [1.165, 1.54) is 11.8 Å². The maximum Gasteiger partial charge on any atom is 0.321 e. The van der Waals surface area contributed by atoms with E-state index in [9.17, 15) is 9.59 Å². The van der Waals surface area contributed by atoms with Gasteiger partial charge in [0.2, 0.25) is 5.91 Å². The van der Waals surface area contributed by atoms with E-state index in [0.717, 1.165) is 17.0 Å². The van der Waals surface area contributed by atoms with E-state index in [-0.39, 0.29) is 11.7 Å². The largest absolute Gasteiger partial charge is 0.334 e. The summed E-state index contributed by atoms with van der Waals surface area (Å²) in [6.45, 7) is 3.08. The first kappa shape index (κ1) is 20.6. The van der Waals surface area contributed by atoms with Gasteiger partial charge in [-0.05, 0) is 18.1 Å². The number of urea groups is 1. The molecule has 0 aliphatic rings. The molecular weight excluding hydrogens is 386 g/mol. The quantitative estimate of drug-likeness (QED) is 0.558. The molecule has 0 radical (unpaired) electrons. The van der Waals surface area contributed by atoms with Gasteiger partial charge in [0.05, 0.1) is 5.75 Å². The molecule has 3 amide bonds. The van der Waals surface area contributed by atoms with Crippen LogP contribution in [0.25, 0.3) is 0 Å². The van der Waals surface area contributed by atoms with E-state index >= 15 is 0 Å². The molecule has 0 unspecified atom stereocenters. The standard InChI is InChI=1S/C21H23N5O2S/c1-2-26-18(13-16-9-5-3-6-10-16)24-25-21(26)29-15-19(27)23-20(28)22-14-17-11-7-4-8-12-17/h3-12H,2,13-15H2,1H3,(H2,22,23,27,28). The molecule has 2 N–H and O–H groups in total. The Hall–Kier alpha value is -3.13. The minimum Gasteiger partial charge on any atom is -0.334 e. The lowest BCUT2D eigenvalue weighted by Gasteiger charge is -2.08. The van der Waals surface area contributed by atoms with Crippen LogP contribution in [0, 0.1) is 0 Å². The monoisotopic (exact) mass is 409 g/mol. The molecule has 0 atom stereocenters. The Morgan fingerprint density at radius 1 is 0.966 bits per heavy atom. The van der Waals surface area contributed by atoms with E-state index < -0.39 is 6.03 Å². The summed E-state index contributed by atoms with van der Waals surface area (Å²) in [5, 5.41) is 14.1. The molecular formula is C21H23N5O2S. The minimum absolute atomic E-state index is 0.0855. The predicted molar refractivity (Wildman–Crippen MR) is 112 cm³/mol.